The summed E-state index contributed by atoms with van der Waals surface area (Å²) >= 11 is 0. The molecule has 0 bridgehead atoms. The number of hydrogen-bond donors (Lipinski definition) is 1. The Morgan fingerprint density at radius 1 is 1.05 bits per heavy atom. The summed E-state index contributed by atoms with van der Waals surface area (Å²) in [6.07, 6.45) is 6.06. The van der Waals surface area contributed by atoms with Crippen molar-refractivity contribution < 1.29 is 17.9 Å². The van der Waals surface area contributed by atoms with Crippen LogP contribution in [0.3, 0.4) is 0 Å². The molecule has 4 aromatic rings. The molecule has 1 saturated carbocycles. The average molecular weight is 546 g/mol. The lowest BCUT2D eigenvalue weighted by molar-refractivity contribution is -0.135. The van der Waals surface area contributed by atoms with Crippen molar-refractivity contribution in [2.24, 2.45) is 11.3 Å². The first-order chi connectivity index (χ1) is 18.6. The Balaban J connectivity index is 1.45. The van der Waals surface area contributed by atoms with E-state index in [-0.39, 0.29) is 11.7 Å². The van der Waals surface area contributed by atoms with Crippen molar-refractivity contribution in [1.29, 1.82) is 0 Å². The van der Waals surface area contributed by atoms with Crippen LogP contribution in [-0.2, 0) is 28.3 Å². The standard InChI is InChI=1S/C31H32FN3O3S/c1-21-6-13-26(14-7-21)39(37,38)27-15-8-23-17-28-22(20-34-35(28)25-11-9-24(32)10-12-25)18-31(23,19-27)30(2,36)29-5-3-4-16-33-29/h3-7,9-14,16,20,23,27,36H,8,15,17-19H2,1-2H3/t23?,27-,30?,31-/m0/s1. The highest BCUT2D eigenvalue weighted by Gasteiger charge is 2.60. The molecule has 1 fully saturated rings. The third kappa shape index (κ3) is 4.21. The average Bonchev–Trinajstić information content (AvgIpc) is 3.34. The minimum absolute atomic E-state index is 0.00220. The van der Waals surface area contributed by atoms with Gasteiger partial charge in [-0.05, 0) is 106 Å². The van der Waals surface area contributed by atoms with Gasteiger partial charge in [-0.1, -0.05) is 23.8 Å². The van der Waals surface area contributed by atoms with Gasteiger partial charge in [0.25, 0.3) is 0 Å². The number of sulfone groups is 1. The van der Waals surface area contributed by atoms with E-state index in [1.807, 2.05) is 48.1 Å². The number of fused-ring (bicyclic) bond motifs is 2. The zero-order chi connectivity index (χ0) is 27.4. The van der Waals surface area contributed by atoms with Crippen LogP contribution in [0.15, 0.2) is 84.0 Å². The van der Waals surface area contributed by atoms with Crippen molar-refractivity contribution in [1.82, 2.24) is 14.8 Å². The first-order valence-corrected chi connectivity index (χ1v) is 14.9. The van der Waals surface area contributed by atoms with E-state index in [9.17, 15) is 17.9 Å². The Labute approximate surface area is 228 Å². The smallest absolute Gasteiger partial charge is 0.181 e. The number of benzene rings is 2. The quantitative estimate of drug-likeness (QED) is 0.366. The first kappa shape index (κ1) is 25.9. The Morgan fingerprint density at radius 2 is 1.79 bits per heavy atom. The number of aliphatic hydroxyl groups is 1. The first-order valence-electron chi connectivity index (χ1n) is 13.4. The van der Waals surface area contributed by atoms with Crippen LogP contribution in [0.5, 0.6) is 0 Å². The molecule has 0 amide bonds. The number of halogens is 1. The fourth-order valence-electron chi connectivity index (χ4n) is 6.86. The number of hydrogen-bond acceptors (Lipinski definition) is 5. The topological polar surface area (TPSA) is 85.1 Å². The van der Waals surface area contributed by atoms with Crippen LogP contribution >= 0.6 is 0 Å². The third-order valence-electron chi connectivity index (χ3n) is 9.10. The number of pyridine rings is 1. The number of aromatic nitrogens is 3. The van der Waals surface area contributed by atoms with Gasteiger partial charge in [0.05, 0.1) is 27.7 Å². The molecule has 4 atom stereocenters. The third-order valence-corrected chi connectivity index (χ3v) is 11.3. The van der Waals surface area contributed by atoms with Gasteiger partial charge >= 0.3 is 0 Å². The Bertz CT molecular complexity index is 1600. The largest absolute Gasteiger partial charge is 0.383 e. The molecule has 0 aliphatic heterocycles. The maximum absolute atomic E-state index is 13.9. The zero-order valence-corrected chi connectivity index (χ0v) is 22.9. The van der Waals surface area contributed by atoms with Gasteiger partial charge in [-0.25, -0.2) is 17.5 Å². The van der Waals surface area contributed by atoms with E-state index in [0.29, 0.717) is 42.7 Å². The summed E-state index contributed by atoms with van der Waals surface area (Å²) in [4.78, 5) is 4.85. The molecule has 2 aromatic heterocycles. The van der Waals surface area contributed by atoms with Gasteiger partial charge in [0.1, 0.15) is 11.4 Å². The van der Waals surface area contributed by atoms with Gasteiger partial charge in [0, 0.05) is 17.3 Å². The van der Waals surface area contributed by atoms with E-state index in [1.54, 1.807) is 37.4 Å². The van der Waals surface area contributed by atoms with Crippen molar-refractivity contribution in [3.63, 3.8) is 0 Å². The van der Waals surface area contributed by atoms with Crippen LogP contribution < -0.4 is 0 Å². The summed E-state index contributed by atoms with van der Waals surface area (Å²) in [7, 11) is -3.62. The predicted molar refractivity (Wildman–Crippen MR) is 147 cm³/mol. The zero-order valence-electron chi connectivity index (χ0n) is 22.1. The Morgan fingerprint density at radius 3 is 2.49 bits per heavy atom. The molecular weight excluding hydrogens is 513 g/mol. The second kappa shape index (κ2) is 9.38. The molecule has 0 spiro atoms. The van der Waals surface area contributed by atoms with Crippen molar-refractivity contribution >= 4 is 9.84 Å². The van der Waals surface area contributed by atoms with E-state index in [0.717, 1.165) is 22.5 Å². The van der Waals surface area contributed by atoms with Crippen LogP contribution in [0.1, 0.15) is 48.7 Å². The maximum atomic E-state index is 13.9. The predicted octanol–water partition coefficient (Wildman–Crippen LogP) is 5.35. The molecule has 2 aromatic carbocycles. The van der Waals surface area contributed by atoms with E-state index in [4.69, 9.17) is 0 Å². The Hall–Kier alpha value is -3.36. The molecule has 2 aliphatic carbocycles. The summed E-state index contributed by atoms with van der Waals surface area (Å²) in [6.45, 7) is 3.73. The molecule has 0 saturated heterocycles. The highest BCUT2D eigenvalue weighted by molar-refractivity contribution is 7.92. The normalized spacial score (nSPS) is 24.4. The molecule has 2 unspecified atom stereocenters. The molecule has 6 nitrogen and oxygen atoms in total. The second-order valence-electron chi connectivity index (χ2n) is 11.3. The van der Waals surface area contributed by atoms with Gasteiger partial charge in [-0.15, -0.1) is 0 Å². The number of aryl methyl sites for hydroxylation is 1. The summed E-state index contributed by atoms with van der Waals surface area (Å²) in [6, 6.07) is 18.8. The lowest BCUT2D eigenvalue weighted by atomic mass is 9.51. The highest BCUT2D eigenvalue weighted by Crippen LogP contribution is 2.59. The molecule has 8 heteroatoms. The maximum Gasteiger partial charge on any atom is 0.181 e. The number of rotatable bonds is 5. The van der Waals surface area contributed by atoms with Gasteiger partial charge in [-0.2, -0.15) is 5.10 Å². The molecule has 2 aliphatic rings. The van der Waals surface area contributed by atoms with Crippen LogP contribution in [0.2, 0.25) is 0 Å². The lowest BCUT2D eigenvalue weighted by Gasteiger charge is -2.56. The van der Waals surface area contributed by atoms with E-state index < -0.39 is 26.1 Å². The summed E-state index contributed by atoms with van der Waals surface area (Å²) in [5, 5.41) is 16.4. The van der Waals surface area contributed by atoms with Crippen molar-refractivity contribution in [2.45, 2.75) is 61.7 Å². The molecule has 39 heavy (non-hydrogen) atoms. The molecule has 0 radical (unpaired) electrons. The monoisotopic (exact) mass is 545 g/mol. The van der Waals surface area contributed by atoms with Gasteiger partial charge in [0.2, 0.25) is 0 Å². The molecular formula is C31H32FN3O3S. The lowest BCUT2D eigenvalue weighted by Crippen LogP contribution is -2.57. The van der Waals surface area contributed by atoms with E-state index in [2.05, 4.69) is 10.1 Å². The van der Waals surface area contributed by atoms with Gasteiger partial charge < -0.3 is 5.11 Å². The highest BCUT2D eigenvalue weighted by atomic mass is 32.2. The van der Waals surface area contributed by atoms with Gasteiger partial charge in [-0.3, -0.25) is 4.98 Å². The van der Waals surface area contributed by atoms with Crippen LogP contribution in [0, 0.1) is 24.1 Å². The molecule has 202 valence electrons. The summed E-state index contributed by atoms with van der Waals surface area (Å²) in [5.74, 6) is -0.305. The summed E-state index contributed by atoms with van der Waals surface area (Å²) in [5.41, 5.74) is 2.17. The minimum atomic E-state index is -3.62. The van der Waals surface area contributed by atoms with Crippen LogP contribution in [0.25, 0.3) is 5.69 Å². The van der Waals surface area contributed by atoms with Crippen LogP contribution in [-0.4, -0.2) is 33.5 Å². The Kier molecular flexibility index (Phi) is 6.23. The molecule has 6 rings (SSSR count). The van der Waals surface area contributed by atoms with Crippen molar-refractivity contribution in [2.75, 3.05) is 0 Å². The van der Waals surface area contributed by atoms with Crippen LogP contribution in [0.4, 0.5) is 4.39 Å². The van der Waals surface area contributed by atoms with Crippen molar-refractivity contribution in [3.8, 4) is 5.69 Å². The SMILES string of the molecule is Cc1ccc(S(=O)(=O)[C@H]2CCC3Cc4c(cnn4-c4ccc(F)cc4)C[C@]3(C(C)(O)c3ccccn3)C2)cc1. The summed E-state index contributed by atoms with van der Waals surface area (Å²) < 4.78 is 43.2. The second-order valence-corrected chi connectivity index (χ2v) is 13.5. The van der Waals surface area contributed by atoms with Crippen molar-refractivity contribution in [3.05, 3.63) is 107 Å². The van der Waals surface area contributed by atoms with E-state index >= 15 is 0 Å². The van der Waals surface area contributed by atoms with Gasteiger partial charge in [0.15, 0.2) is 9.84 Å². The van der Waals surface area contributed by atoms with E-state index in [1.165, 1.54) is 12.1 Å². The molecule has 1 N–H and O–H groups in total. The fraction of sp³-hybridized carbons (Fsp3) is 0.355. The molecule has 2 heterocycles. The minimum Gasteiger partial charge on any atom is -0.383 e. The number of nitrogens with zero attached hydrogens (tertiary/aromatic N) is 3. The fourth-order valence-corrected chi connectivity index (χ4v) is 8.73.